The summed E-state index contributed by atoms with van der Waals surface area (Å²) in [5, 5.41) is 5.71. The third-order valence-electron chi connectivity index (χ3n) is 7.11. The zero-order valence-electron chi connectivity index (χ0n) is 21.3. The van der Waals surface area contributed by atoms with Gasteiger partial charge in [0.2, 0.25) is 0 Å². The number of fused-ring (bicyclic) bond motifs is 1. The van der Waals surface area contributed by atoms with Gasteiger partial charge in [0, 0.05) is 38.3 Å². The molecule has 2 aliphatic heterocycles. The van der Waals surface area contributed by atoms with Crippen molar-refractivity contribution in [2.24, 2.45) is 11.7 Å². The summed E-state index contributed by atoms with van der Waals surface area (Å²) in [6, 6.07) is 15.2. The van der Waals surface area contributed by atoms with Gasteiger partial charge in [0.15, 0.2) is 0 Å². The highest BCUT2D eigenvalue weighted by Crippen LogP contribution is 2.31. The lowest BCUT2D eigenvalue weighted by Crippen LogP contribution is -2.46. The van der Waals surface area contributed by atoms with Gasteiger partial charge >= 0.3 is 0 Å². The summed E-state index contributed by atoms with van der Waals surface area (Å²) >= 11 is 0. The SMILES string of the molecule is C=c1cc(-c2ccc3c(c2)OCC3)cc/c1=C/C=C(\C)CNc1cnccc1N1CC(C)CC(N)C1. The molecule has 1 saturated heterocycles. The molecule has 3 heterocycles. The number of nitrogens with two attached hydrogens (primary N) is 1. The maximum absolute atomic E-state index is 6.29. The standard InChI is InChI=1S/C31H36N4O/c1-21(17-34-29-18-33-12-10-30(29)35-19-22(2)14-28(32)20-35)4-5-24-6-8-26(15-23(24)3)27-9-7-25-11-13-36-31(25)16-27/h4-10,12,15-16,18,22,28,34H,3,11,13-14,17,19-20,32H2,1-2H3/b21-4+,24-5-. The van der Waals surface area contributed by atoms with Gasteiger partial charge in [-0.3, -0.25) is 4.98 Å². The lowest BCUT2D eigenvalue weighted by atomic mass is 9.96. The van der Waals surface area contributed by atoms with Crippen LogP contribution in [0.15, 0.2) is 66.5 Å². The molecule has 2 aromatic carbocycles. The number of nitrogens with one attached hydrogen (secondary N) is 1. The van der Waals surface area contributed by atoms with Gasteiger partial charge in [-0.15, -0.1) is 0 Å². The predicted octanol–water partition coefficient (Wildman–Crippen LogP) is 4.11. The van der Waals surface area contributed by atoms with E-state index in [0.29, 0.717) is 5.92 Å². The number of aromatic nitrogens is 1. The molecule has 1 aromatic heterocycles. The van der Waals surface area contributed by atoms with Crippen LogP contribution in [-0.4, -0.2) is 37.3 Å². The number of hydrogen-bond donors (Lipinski definition) is 2. The largest absolute Gasteiger partial charge is 0.493 e. The van der Waals surface area contributed by atoms with Crippen molar-refractivity contribution in [3.63, 3.8) is 0 Å². The fourth-order valence-electron chi connectivity index (χ4n) is 5.21. The zero-order valence-corrected chi connectivity index (χ0v) is 21.3. The molecule has 2 aliphatic rings. The van der Waals surface area contributed by atoms with E-state index in [2.05, 4.69) is 90.2 Å². The van der Waals surface area contributed by atoms with Crippen LogP contribution in [-0.2, 0) is 6.42 Å². The Hall–Kier alpha value is -3.57. The van der Waals surface area contributed by atoms with Crippen LogP contribution < -0.4 is 31.1 Å². The molecule has 5 rings (SSSR count). The second-order valence-corrected chi connectivity index (χ2v) is 10.3. The maximum atomic E-state index is 6.29. The number of allylic oxidation sites excluding steroid dienone is 1. The minimum Gasteiger partial charge on any atom is -0.493 e. The highest BCUT2D eigenvalue weighted by atomic mass is 16.5. The van der Waals surface area contributed by atoms with Crippen molar-refractivity contribution in [3.8, 4) is 16.9 Å². The maximum Gasteiger partial charge on any atom is 0.123 e. The smallest absolute Gasteiger partial charge is 0.123 e. The van der Waals surface area contributed by atoms with Crippen LogP contribution in [0, 0.1) is 5.92 Å². The Balaban J connectivity index is 1.28. The van der Waals surface area contributed by atoms with Crippen LogP contribution >= 0.6 is 0 Å². The molecule has 1 fully saturated rings. The minimum absolute atomic E-state index is 0.213. The van der Waals surface area contributed by atoms with Crippen molar-refractivity contribution in [2.75, 3.05) is 36.5 Å². The molecule has 186 valence electrons. The molecule has 2 atom stereocenters. The van der Waals surface area contributed by atoms with Gasteiger partial charge in [-0.1, -0.05) is 55.5 Å². The van der Waals surface area contributed by atoms with Gasteiger partial charge in [0.1, 0.15) is 5.75 Å². The van der Waals surface area contributed by atoms with Crippen LogP contribution in [0.25, 0.3) is 23.8 Å². The summed E-state index contributed by atoms with van der Waals surface area (Å²) in [5.41, 5.74) is 13.4. The van der Waals surface area contributed by atoms with Gasteiger partial charge in [0.25, 0.3) is 0 Å². The van der Waals surface area contributed by atoms with E-state index in [4.69, 9.17) is 10.5 Å². The molecule has 0 spiro atoms. The van der Waals surface area contributed by atoms with Crippen LogP contribution in [0.3, 0.4) is 0 Å². The highest BCUT2D eigenvalue weighted by molar-refractivity contribution is 5.70. The summed E-state index contributed by atoms with van der Waals surface area (Å²) in [5.74, 6) is 1.60. The molecular weight excluding hydrogens is 444 g/mol. The first-order valence-corrected chi connectivity index (χ1v) is 12.9. The number of piperidine rings is 1. The average Bonchev–Trinajstić information content (AvgIpc) is 3.34. The molecule has 0 saturated carbocycles. The summed E-state index contributed by atoms with van der Waals surface area (Å²) in [6.07, 6.45) is 10.2. The van der Waals surface area contributed by atoms with E-state index in [0.717, 1.165) is 66.5 Å². The lowest BCUT2D eigenvalue weighted by molar-refractivity contribution is 0.357. The molecule has 5 nitrogen and oxygen atoms in total. The number of benzene rings is 2. The fourth-order valence-corrected chi connectivity index (χ4v) is 5.21. The van der Waals surface area contributed by atoms with E-state index in [1.165, 1.54) is 22.4 Å². The van der Waals surface area contributed by atoms with Gasteiger partial charge in [0.05, 0.1) is 24.2 Å². The summed E-state index contributed by atoms with van der Waals surface area (Å²) in [7, 11) is 0. The lowest BCUT2D eigenvalue weighted by Gasteiger charge is -2.37. The number of anilines is 2. The van der Waals surface area contributed by atoms with E-state index < -0.39 is 0 Å². The van der Waals surface area contributed by atoms with Crippen molar-refractivity contribution in [1.29, 1.82) is 0 Å². The van der Waals surface area contributed by atoms with Gasteiger partial charge in [-0.05, 0) is 64.6 Å². The van der Waals surface area contributed by atoms with Crippen molar-refractivity contribution in [2.45, 2.75) is 32.7 Å². The normalized spacial score (nSPS) is 20.2. The third kappa shape index (κ3) is 5.47. The number of nitrogens with zero attached hydrogens (tertiary/aromatic N) is 2. The van der Waals surface area contributed by atoms with Crippen LogP contribution in [0.5, 0.6) is 5.75 Å². The monoisotopic (exact) mass is 480 g/mol. The molecular formula is C31H36N4O. The first-order valence-electron chi connectivity index (χ1n) is 12.9. The second kappa shape index (κ2) is 10.6. The fraction of sp³-hybridized carbons (Fsp3) is 0.323. The first kappa shape index (κ1) is 24.1. The van der Waals surface area contributed by atoms with Crippen LogP contribution in [0.2, 0.25) is 0 Å². The number of rotatable bonds is 6. The molecule has 0 aliphatic carbocycles. The molecule has 3 aromatic rings. The molecule has 0 radical (unpaired) electrons. The quantitative estimate of drug-likeness (QED) is 0.556. The number of ether oxygens (including phenoxy) is 1. The van der Waals surface area contributed by atoms with Gasteiger partial charge in [-0.2, -0.15) is 0 Å². The van der Waals surface area contributed by atoms with E-state index in [1.54, 1.807) is 0 Å². The number of hydrogen-bond acceptors (Lipinski definition) is 5. The first-order chi connectivity index (χ1) is 17.5. The Kier molecular flexibility index (Phi) is 7.10. The van der Waals surface area contributed by atoms with Crippen molar-refractivity contribution in [3.05, 3.63) is 82.5 Å². The van der Waals surface area contributed by atoms with Gasteiger partial charge in [-0.25, -0.2) is 0 Å². The molecule has 36 heavy (non-hydrogen) atoms. The van der Waals surface area contributed by atoms with E-state index >= 15 is 0 Å². The second-order valence-electron chi connectivity index (χ2n) is 10.3. The topological polar surface area (TPSA) is 63.4 Å². The zero-order chi connectivity index (χ0) is 25.1. The number of pyridine rings is 1. The highest BCUT2D eigenvalue weighted by Gasteiger charge is 2.23. The Bertz CT molecular complexity index is 1370. The van der Waals surface area contributed by atoms with Crippen molar-refractivity contribution in [1.82, 2.24) is 4.98 Å². The Labute approximate surface area is 214 Å². The van der Waals surface area contributed by atoms with Crippen LogP contribution in [0.4, 0.5) is 11.4 Å². The summed E-state index contributed by atoms with van der Waals surface area (Å²) in [6.45, 7) is 12.1. The van der Waals surface area contributed by atoms with Crippen molar-refractivity contribution >= 4 is 24.0 Å². The predicted molar refractivity (Wildman–Crippen MR) is 151 cm³/mol. The Morgan fingerprint density at radius 2 is 2.03 bits per heavy atom. The molecule has 0 amide bonds. The molecule has 0 bridgehead atoms. The van der Waals surface area contributed by atoms with E-state index in [9.17, 15) is 0 Å². The minimum atomic E-state index is 0.213. The van der Waals surface area contributed by atoms with Crippen molar-refractivity contribution < 1.29 is 4.74 Å². The molecule has 2 unspecified atom stereocenters. The summed E-state index contributed by atoms with van der Waals surface area (Å²) in [4.78, 5) is 6.74. The Morgan fingerprint density at radius 1 is 1.19 bits per heavy atom. The average molecular weight is 481 g/mol. The van der Waals surface area contributed by atoms with E-state index in [1.807, 2.05) is 12.4 Å². The molecule has 3 N–H and O–H groups in total. The third-order valence-corrected chi connectivity index (χ3v) is 7.11. The van der Waals surface area contributed by atoms with E-state index in [-0.39, 0.29) is 6.04 Å². The van der Waals surface area contributed by atoms with Crippen LogP contribution in [0.1, 0.15) is 25.8 Å². The molecule has 5 heteroatoms. The Morgan fingerprint density at radius 3 is 2.86 bits per heavy atom. The van der Waals surface area contributed by atoms with Gasteiger partial charge < -0.3 is 20.7 Å². The summed E-state index contributed by atoms with van der Waals surface area (Å²) < 4.78 is 5.74.